The summed E-state index contributed by atoms with van der Waals surface area (Å²) in [7, 11) is 0. The molecule has 0 atom stereocenters. The summed E-state index contributed by atoms with van der Waals surface area (Å²) < 4.78 is 1.97. The van der Waals surface area contributed by atoms with Crippen LogP contribution >= 0.6 is 22.7 Å². The average molecular weight is 399 g/mol. The van der Waals surface area contributed by atoms with Crippen LogP contribution in [0.15, 0.2) is 52.3 Å². The molecular weight excluding hydrogens is 380 g/mol. The van der Waals surface area contributed by atoms with Crippen LogP contribution in [-0.4, -0.2) is 27.9 Å². The molecule has 27 heavy (non-hydrogen) atoms. The van der Waals surface area contributed by atoms with Crippen LogP contribution in [0.3, 0.4) is 0 Å². The minimum Gasteiger partial charge on any atom is -0.319 e. The van der Waals surface area contributed by atoms with Crippen molar-refractivity contribution in [3.63, 3.8) is 0 Å². The highest BCUT2D eigenvalue weighted by Crippen LogP contribution is 2.25. The highest BCUT2D eigenvalue weighted by atomic mass is 32.1. The molecular formula is C19H18N4O2S2. The number of benzene rings is 1. The van der Waals surface area contributed by atoms with Gasteiger partial charge in [0, 0.05) is 36.5 Å². The van der Waals surface area contributed by atoms with Gasteiger partial charge in [-0.15, -0.1) is 22.7 Å². The third-order valence-electron chi connectivity index (χ3n) is 4.25. The van der Waals surface area contributed by atoms with E-state index in [2.05, 4.69) is 9.98 Å². The molecule has 0 spiro atoms. The van der Waals surface area contributed by atoms with Crippen molar-refractivity contribution in [2.45, 2.75) is 25.8 Å². The second kappa shape index (κ2) is 7.98. The molecule has 2 aromatic heterocycles. The molecule has 0 N–H and O–H groups in total. The Balaban J connectivity index is 1.46. The quantitative estimate of drug-likeness (QED) is 0.664. The molecule has 0 aliphatic carbocycles. The lowest BCUT2D eigenvalue weighted by Crippen LogP contribution is -2.23. The summed E-state index contributed by atoms with van der Waals surface area (Å²) in [6.07, 6.45) is 3.51. The molecule has 0 bridgehead atoms. The van der Waals surface area contributed by atoms with Gasteiger partial charge in [-0.2, -0.15) is 4.99 Å². The molecule has 1 aromatic carbocycles. The molecule has 2 amide bonds. The second-order valence-electron chi connectivity index (χ2n) is 6.25. The van der Waals surface area contributed by atoms with E-state index >= 15 is 0 Å². The summed E-state index contributed by atoms with van der Waals surface area (Å²) in [5.41, 5.74) is 1.82. The number of hydrogen-bond donors (Lipinski definition) is 0. The first kappa shape index (κ1) is 17.8. The van der Waals surface area contributed by atoms with Crippen LogP contribution in [0.1, 0.15) is 24.1 Å². The smallest absolute Gasteiger partial charge is 0.254 e. The van der Waals surface area contributed by atoms with Gasteiger partial charge in [0.1, 0.15) is 0 Å². The summed E-state index contributed by atoms with van der Waals surface area (Å²) in [6.45, 7) is 1.38. The number of hydrogen-bond acceptors (Lipinski definition) is 5. The molecule has 3 aromatic rings. The normalized spacial score (nSPS) is 14.9. The van der Waals surface area contributed by atoms with E-state index in [0.717, 1.165) is 12.0 Å². The molecule has 1 saturated heterocycles. The largest absolute Gasteiger partial charge is 0.319 e. The summed E-state index contributed by atoms with van der Waals surface area (Å²) in [5.74, 6) is -0.128. The zero-order valence-electron chi connectivity index (χ0n) is 14.6. The Morgan fingerprint density at radius 1 is 1.22 bits per heavy atom. The number of anilines is 1. The van der Waals surface area contributed by atoms with E-state index in [4.69, 9.17) is 0 Å². The van der Waals surface area contributed by atoms with E-state index in [-0.39, 0.29) is 18.2 Å². The minimum atomic E-state index is -0.233. The fourth-order valence-electron chi connectivity index (χ4n) is 2.94. The zero-order valence-corrected chi connectivity index (χ0v) is 16.2. The Labute approximate surface area is 164 Å². The third-order valence-corrected chi connectivity index (χ3v) is 5.96. The van der Waals surface area contributed by atoms with Gasteiger partial charge < -0.3 is 4.57 Å². The van der Waals surface area contributed by atoms with E-state index in [1.54, 1.807) is 4.90 Å². The van der Waals surface area contributed by atoms with Crippen LogP contribution < -0.4 is 9.70 Å². The van der Waals surface area contributed by atoms with Crippen LogP contribution in [-0.2, 0) is 22.6 Å². The van der Waals surface area contributed by atoms with Crippen molar-refractivity contribution < 1.29 is 9.59 Å². The zero-order chi connectivity index (χ0) is 18.6. The van der Waals surface area contributed by atoms with Gasteiger partial charge in [0.15, 0.2) is 9.93 Å². The first-order valence-corrected chi connectivity index (χ1v) is 10.5. The maximum absolute atomic E-state index is 12.4. The monoisotopic (exact) mass is 398 g/mol. The predicted molar refractivity (Wildman–Crippen MR) is 106 cm³/mol. The molecule has 1 fully saturated rings. The van der Waals surface area contributed by atoms with Crippen molar-refractivity contribution >= 4 is 39.6 Å². The Hall–Kier alpha value is -2.58. The Morgan fingerprint density at radius 3 is 2.85 bits per heavy atom. The van der Waals surface area contributed by atoms with Gasteiger partial charge in [-0.05, 0) is 12.0 Å². The number of carbonyl (C=O) groups excluding carboxylic acids is 2. The standard InChI is InChI=1S/C19H18N4O2S2/c24-16(11-15-13-27-19(20-15)23-8-4-7-17(23)25)21-18-22(9-10-26-18)12-14-5-2-1-3-6-14/h1-3,5-6,9-10,13H,4,7-8,11-12H2. The molecule has 4 rings (SSSR count). The van der Waals surface area contributed by atoms with Crippen LogP contribution in [0.4, 0.5) is 5.13 Å². The number of carbonyl (C=O) groups is 2. The molecule has 6 nitrogen and oxygen atoms in total. The highest BCUT2D eigenvalue weighted by Gasteiger charge is 2.24. The predicted octanol–water partition coefficient (Wildman–Crippen LogP) is 2.85. The molecule has 0 radical (unpaired) electrons. The molecule has 1 aliphatic heterocycles. The topological polar surface area (TPSA) is 67.6 Å². The summed E-state index contributed by atoms with van der Waals surface area (Å²) in [6, 6.07) is 10.1. The fraction of sp³-hybridized carbons (Fsp3) is 0.263. The lowest BCUT2D eigenvalue weighted by Gasteiger charge is -2.10. The van der Waals surface area contributed by atoms with E-state index in [1.165, 1.54) is 22.7 Å². The molecule has 3 heterocycles. The van der Waals surface area contributed by atoms with E-state index in [1.807, 2.05) is 51.9 Å². The maximum atomic E-state index is 12.4. The number of amides is 2. The molecule has 0 saturated carbocycles. The van der Waals surface area contributed by atoms with Crippen LogP contribution in [0, 0.1) is 0 Å². The van der Waals surface area contributed by atoms with Gasteiger partial charge in [0.2, 0.25) is 5.91 Å². The van der Waals surface area contributed by atoms with Crippen LogP contribution in [0.2, 0.25) is 0 Å². The van der Waals surface area contributed by atoms with E-state index in [9.17, 15) is 9.59 Å². The highest BCUT2D eigenvalue weighted by molar-refractivity contribution is 7.14. The van der Waals surface area contributed by atoms with Gasteiger partial charge in [0.25, 0.3) is 5.91 Å². The van der Waals surface area contributed by atoms with E-state index < -0.39 is 0 Å². The maximum Gasteiger partial charge on any atom is 0.254 e. The Bertz CT molecular complexity index is 1020. The van der Waals surface area contributed by atoms with Crippen LogP contribution in [0.25, 0.3) is 0 Å². The lowest BCUT2D eigenvalue weighted by molar-refractivity contribution is -0.118. The first-order chi connectivity index (χ1) is 13.2. The number of rotatable bonds is 5. The Kier molecular flexibility index (Phi) is 5.26. The second-order valence-corrected chi connectivity index (χ2v) is 7.96. The molecule has 8 heteroatoms. The number of aromatic nitrogens is 2. The van der Waals surface area contributed by atoms with Gasteiger partial charge in [-0.25, -0.2) is 4.98 Å². The number of thiazole rings is 2. The van der Waals surface area contributed by atoms with E-state index in [0.29, 0.717) is 35.1 Å². The van der Waals surface area contributed by atoms with Crippen molar-refractivity contribution in [1.29, 1.82) is 0 Å². The van der Waals surface area contributed by atoms with Crippen molar-refractivity contribution in [1.82, 2.24) is 9.55 Å². The van der Waals surface area contributed by atoms with Crippen molar-refractivity contribution in [2.24, 2.45) is 4.99 Å². The SMILES string of the molecule is O=C(Cc1csc(N2CCCC2=O)n1)N=c1sccn1Cc1ccccc1. The van der Waals surface area contributed by atoms with Crippen molar-refractivity contribution in [3.8, 4) is 0 Å². The molecule has 1 aliphatic rings. The van der Waals surface area contributed by atoms with Crippen LogP contribution in [0.5, 0.6) is 0 Å². The average Bonchev–Trinajstić information content (AvgIpc) is 3.38. The summed E-state index contributed by atoms with van der Waals surface area (Å²) in [4.78, 5) is 35.3. The third kappa shape index (κ3) is 4.23. The first-order valence-electron chi connectivity index (χ1n) is 8.69. The van der Waals surface area contributed by atoms with Gasteiger partial charge in [-0.1, -0.05) is 30.3 Å². The Morgan fingerprint density at radius 2 is 2.07 bits per heavy atom. The fourth-order valence-corrected chi connectivity index (χ4v) is 4.55. The van der Waals surface area contributed by atoms with Crippen molar-refractivity contribution in [3.05, 3.63) is 63.3 Å². The summed E-state index contributed by atoms with van der Waals surface area (Å²) >= 11 is 2.84. The molecule has 138 valence electrons. The van der Waals surface area contributed by atoms with Gasteiger partial charge >= 0.3 is 0 Å². The van der Waals surface area contributed by atoms with Crippen molar-refractivity contribution in [2.75, 3.05) is 11.4 Å². The molecule has 0 unspecified atom stereocenters. The summed E-state index contributed by atoms with van der Waals surface area (Å²) in [5, 5.41) is 4.44. The van der Waals surface area contributed by atoms with Gasteiger partial charge in [0.05, 0.1) is 12.1 Å². The number of nitrogens with zero attached hydrogens (tertiary/aromatic N) is 4. The minimum absolute atomic E-state index is 0.104. The lowest BCUT2D eigenvalue weighted by atomic mass is 10.2. The van der Waals surface area contributed by atoms with Gasteiger partial charge in [-0.3, -0.25) is 14.5 Å².